The molecule has 0 bridgehead atoms. The van der Waals surface area contributed by atoms with E-state index in [-0.39, 0.29) is 0 Å². The average molecular weight is 235 g/mol. The van der Waals surface area contributed by atoms with Crippen LogP contribution in [0.3, 0.4) is 0 Å². The van der Waals surface area contributed by atoms with Crippen LogP contribution in [0.25, 0.3) is 0 Å². The highest BCUT2D eigenvalue weighted by atomic mass is 16.5. The Labute approximate surface area is 103 Å². The number of ether oxygens (including phenoxy) is 2. The molecule has 1 aromatic rings. The minimum absolute atomic E-state index is 0.504. The lowest BCUT2D eigenvalue weighted by Gasteiger charge is -2.14. The third-order valence-electron chi connectivity index (χ3n) is 3.33. The van der Waals surface area contributed by atoms with Crippen molar-refractivity contribution in [1.82, 2.24) is 5.32 Å². The summed E-state index contributed by atoms with van der Waals surface area (Å²) in [6, 6.07) is 5.24. The number of nitrogens with one attached hydrogen (secondary N) is 1. The second-order valence-electron chi connectivity index (χ2n) is 4.85. The second kappa shape index (κ2) is 4.96. The summed E-state index contributed by atoms with van der Waals surface area (Å²) in [6.07, 6.45) is 2.08. The zero-order valence-electron chi connectivity index (χ0n) is 11.0. The van der Waals surface area contributed by atoms with Gasteiger partial charge in [0, 0.05) is 12.1 Å². The third-order valence-corrected chi connectivity index (χ3v) is 3.33. The minimum Gasteiger partial charge on any atom is -0.493 e. The van der Waals surface area contributed by atoms with Crippen LogP contribution in [0.2, 0.25) is 0 Å². The largest absolute Gasteiger partial charge is 0.493 e. The van der Waals surface area contributed by atoms with Gasteiger partial charge < -0.3 is 14.8 Å². The third kappa shape index (κ3) is 2.55. The Kier molecular flexibility index (Phi) is 3.57. The molecule has 2 unspecified atom stereocenters. The summed E-state index contributed by atoms with van der Waals surface area (Å²) in [4.78, 5) is 0. The van der Waals surface area contributed by atoms with Crippen molar-refractivity contribution in [1.29, 1.82) is 0 Å². The van der Waals surface area contributed by atoms with Crippen molar-refractivity contribution in [2.24, 2.45) is 0 Å². The second-order valence-corrected chi connectivity index (χ2v) is 4.85. The molecule has 0 amide bonds. The van der Waals surface area contributed by atoms with Gasteiger partial charge in [0.25, 0.3) is 0 Å². The SMILES string of the molecule is COc1cc2c(cc1OC)CC(C)NC(C)C2. The molecule has 1 N–H and O–H groups in total. The molecule has 1 heterocycles. The molecule has 3 heteroatoms. The summed E-state index contributed by atoms with van der Waals surface area (Å²) in [5.74, 6) is 1.65. The number of rotatable bonds is 2. The monoisotopic (exact) mass is 235 g/mol. The summed E-state index contributed by atoms with van der Waals surface area (Å²) in [5, 5.41) is 3.58. The summed E-state index contributed by atoms with van der Waals surface area (Å²) in [6.45, 7) is 4.45. The van der Waals surface area contributed by atoms with Crippen molar-refractivity contribution in [2.45, 2.75) is 38.8 Å². The molecule has 17 heavy (non-hydrogen) atoms. The smallest absolute Gasteiger partial charge is 0.161 e. The van der Waals surface area contributed by atoms with Gasteiger partial charge in [-0.2, -0.15) is 0 Å². The molecule has 0 aliphatic carbocycles. The van der Waals surface area contributed by atoms with Crippen molar-refractivity contribution in [3.63, 3.8) is 0 Å². The fourth-order valence-electron chi connectivity index (χ4n) is 2.61. The summed E-state index contributed by atoms with van der Waals surface area (Å²) in [7, 11) is 3.37. The lowest BCUT2D eigenvalue weighted by molar-refractivity contribution is 0.354. The van der Waals surface area contributed by atoms with Gasteiger partial charge in [-0.25, -0.2) is 0 Å². The van der Waals surface area contributed by atoms with E-state index in [2.05, 4.69) is 31.3 Å². The molecular formula is C14H21NO2. The Morgan fingerprint density at radius 3 is 1.71 bits per heavy atom. The van der Waals surface area contributed by atoms with Gasteiger partial charge in [-0.1, -0.05) is 0 Å². The van der Waals surface area contributed by atoms with Crippen LogP contribution in [-0.2, 0) is 12.8 Å². The van der Waals surface area contributed by atoms with Crippen molar-refractivity contribution in [3.05, 3.63) is 23.3 Å². The zero-order chi connectivity index (χ0) is 12.4. The van der Waals surface area contributed by atoms with Gasteiger partial charge in [0.15, 0.2) is 11.5 Å². The average Bonchev–Trinajstić information content (AvgIpc) is 2.43. The molecule has 0 spiro atoms. The topological polar surface area (TPSA) is 30.5 Å². The lowest BCUT2D eigenvalue weighted by Crippen LogP contribution is -2.34. The van der Waals surface area contributed by atoms with Crippen LogP contribution in [0, 0.1) is 0 Å². The highest BCUT2D eigenvalue weighted by Crippen LogP contribution is 2.32. The van der Waals surface area contributed by atoms with Crippen LogP contribution >= 0.6 is 0 Å². The number of hydrogen-bond acceptors (Lipinski definition) is 3. The maximum absolute atomic E-state index is 5.36. The van der Waals surface area contributed by atoms with Gasteiger partial charge in [-0.15, -0.1) is 0 Å². The van der Waals surface area contributed by atoms with Gasteiger partial charge >= 0.3 is 0 Å². The fourth-order valence-corrected chi connectivity index (χ4v) is 2.61. The first-order valence-corrected chi connectivity index (χ1v) is 6.14. The Morgan fingerprint density at radius 2 is 1.35 bits per heavy atom. The quantitative estimate of drug-likeness (QED) is 0.852. The Balaban J connectivity index is 2.43. The first-order valence-electron chi connectivity index (χ1n) is 6.14. The number of fused-ring (bicyclic) bond motifs is 1. The molecule has 0 saturated carbocycles. The highest BCUT2D eigenvalue weighted by Gasteiger charge is 2.19. The first kappa shape index (κ1) is 12.2. The molecule has 1 aromatic carbocycles. The standard InChI is InChI=1S/C14H21NO2/c1-9-5-11-7-13(16-3)14(17-4)8-12(11)6-10(2)15-9/h7-10,15H,5-6H2,1-4H3. The van der Waals surface area contributed by atoms with E-state index in [0.717, 1.165) is 24.3 Å². The lowest BCUT2D eigenvalue weighted by atomic mass is 9.99. The minimum atomic E-state index is 0.504. The summed E-state index contributed by atoms with van der Waals surface area (Å²) >= 11 is 0. The molecule has 1 aliphatic rings. The molecule has 0 saturated heterocycles. The van der Waals surface area contributed by atoms with Crippen LogP contribution in [0.4, 0.5) is 0 Å². The molecule has 3 nitrogen and oxygen atoms in total. The van der Waals surface area contributed by atoms with E-state index in [1.807, 2.05) is 0 Å². The van der Waals surface area contributed by atoms with Crippen molar-refractivity contribution in [2.75, 3.05) is 14.2 Å². The Bertz CT molecular complexity index is 366. The van der Waals surface area contributed by atoms with Gasteiger partial charge in [0.2, 0.25) is 0 Å². The number of hydrogen-bond donors (Lipinski definition) is 1. The first-order chi connectivity index (χ1) is 8.13. The van der Waals surface area contributed by atoms with E-state index in [0.29, 0.717) is 12.1 Å². The normalized spacial score (nSPS) is 23.8. The van der Waals surface area contributed by atoms with E-state index in [9.17, 15) is 0 Å². The van der Waals surface area contributed by atoms with Crippen LogP contribution < -0.4 is 14.8 Å². The molecule has 0 fully saturated rings. The van der Waals surface area contributed by atoms with Gasteiger partial charge in [-0.05, 0) is 49.9 Å². The van der Waals surface area contributed by atoms with E-state index in [4.69, 9.17) is 9.47 Å². The van der Waals surface area contributed by atoms with Crippen LogP contribution in [0.5, 0.6) is 11.5 Å². The zero-order valence-corrected chi connectivity index (χ0v) is 11.0. The molecule has 2 atom stereocenters. The molecule has 2 rings (SSSR count). The van der Waals surface area contributed by atoms with Crippen LogP contribution in [0.15, 0.2) is 12.1 Å². The van der Waals surface area contributed by atoms with Gasteiger partial charge in [0.05, 0.1) is 14.2 Å². The molecule has 94 valence electrons. The number of benzene rings is 1. The van der Waals surface area contributed by atoms with Crippen molar-refractivity contribution in [3.8, 4) is 11.5 Å². The molecule has 0 radical (unpaired) electrons. The summed E-state index contributed by atoms with van der Waals surface area (Å²) in [5.41, 5.74) is 2.74. The van der Waals surface area contributed by atoms with Gasteiger partial charge in [0.1, 0.15) is 0 Å². The summed E-state index contributed by atoms with van der Waals surface area (Å²) < 4.78 is 10.7. The Hall–Kier alpha value is -1.22. The molecule has 0 aromatic heterocycles. The van der Waals surface area contributed by atoms with Crippen LogP contribution in [-0.4, -0.2) is 26.3 Å². The van der Waals surface area contributed by atoms with Crippen molar-refractivity contribution < 1.29 is 9.47 Å². The van der Waals surface area contributed by atoms with E-state index in [1.165, 1.54) is 11.1 Å². The van der Waals surface area contributed by atoms with E-state index < -0.39 is 0 Å². The van der Waals surface area contributed by atoms with E-state index >= 15 is 0 Å². The predicted molar refractivity (Wildman–Crippen MR) is 69.0 cm³/mol. The molecule has 1 aliphatic heterocycles. The maximum atomic E-state index is 5.36. The number of methoxy groups -OCH3 is 2. The maximum Gasteiger partial charge on any atom is 0.161 e. The predicted octanol–water partition coefficient (Wildman–Crippen LogP) is 2.17. The highest BCUT2D eigenvalue weighted by molar-refractivity contribution is 5.48. The molecular weight excluding hydrogens is 214 g/mol. The van der Waals surface area contributed by atoms with Crippen LogP contribution in [0.1, 0.15) is 25.0 Å². The van der Waals surface area contributed by atoms with E-state index in [1.54, 1.807) is 14.2 Å². The fraction of sp³-hybridized carbons (Fsp3) is 0.571. The Morgan fingerprint density at radius 1 is 0.941 bits per heavy atom. The van der Waals surface area contributed by atoms with Crippen molar-refractivity contribution >= 4 is 0 Å². The van der Waals surface area contributed by atoms with Gasteiger partial charge in [-0.3, -0.25) is 0 Å².